The van der Waals surface area contributed by atoms with Gasteiger partial charge in [-0.2, -0.15) is 0 Å². The lowest BCUT2D eigenvalue weighted by Gasteiger charge is -2.34. The van der Waals surface area contributed by atoms with Crippen LogP contribution in [-0.2, 0) is 9.59 Å². The van der Waals surface area contributed by atoms with Crippen LogP contribution >= 0.6 is 12.4 Å². The van der Waals surface area contributed by atoms with Crippen LogP contribution in [0.25, 0.3) is 0 Å². The molecule has 2 rings (SSSR count). The number of hydrogen-bond acceptors (Lipinski definition) is 4. The molecule has 2 fully saturated rings. The predicted molar refractivity (Wildman–Crippen MR) is 93.8 cm³/mol. The third-order valence-electron chi connectivity index (χ3n) is 5.38. The van der Waals surface area contributed by atoms with Crippen molar-refractivity contribution >= 4 is 30.3 Å². The summed E-state index contributed by atoms with van der Waals surface area (Å²) in [5.41, 5.74) is 5.06. The molecule has 0 radical (unpaired) electrons. The fraction of sp³-hybridized carbons (Fsp3) is 0.812. The summed E-state index contributed by atoms with van der Waals surface area (Å²) < 4.78 is 0. The lowest BCUT2D eigenvalue weighted by atomic mass is 9.91. The maximum Gasteiger partial charge on any atom is 0.325 e. The van der Waals surface area contributed by atoms with Gasteiger partial charge in [-0.3, -0.25) is 14.5 Å². The lowest BCUT2D eigenvalue weighted by Crippen LogP contribution is -2.49. The second-order valence-corrected chi connectivity index (χ2v) is 6.69. The molecule has 2 saturated heterocycles. The zero-order valence-electron chi connectivity index (χ0n) is 14.7. The van der Waals surface area contributed by atoms with Gasteiger partial charge in [0.15, 0.2) is 0 Å². The number of hydrogen-bond donors (Lipinski definition) is 2. The normalized spacial score (nSPS) is 22.2. The summed E-state index contributed by atoms with van der Waals surface area (Å²) in [4.78, 5) is 39.8. The number of likely N-dealkylation sites (tertiary alicyclic amines) is 1. The van der Waals surface area contributed by atoms with E-state index in [9.17, 15) is 14.4 Å². The third-order valence-corrected chi connectivity index (χ3v) is 5.38. The largest absolute Gasteiger partial charge is 0.341 e. The highest BCUT2D eigenvalue weighted by Crippen LogP contribution is 2.25. The monoisotopic (exact) mass is 360 g/mol. The van der Waals surface area contributed by atoms with Crippen LogP contribution in [0.5, 0.6) is 0 Å². The van der Waals surface area contributed by atoms with E-state index in [1.807, 2.05) is 20.8 Å². The van der Waals surface area contributed by atoms with Crippen LogP contribution in [0.2, 0.25) is 0 Å². The molecule has 0 aromatic carbocycles. The van der Waals surface area contributed by atoms with Gasteiger partial charge in [0.1, 0.15) is 12.1 Å². The van der Waals surface area contributed by atoms with E-state index < -0.39 is 11.6 Å². The molecule has 24 heavy (non-hydrogen) atoms. The quantitative estimate of drug-likeness (QED) is 0.718. The fourth-order valence-electron chi connectivity index (χ4n) is 3.46. The summed E-state index contributed by atoms with van der Waals surface area (Å²) in [7, 11) is 0. The molecule has 0 spiro atoms. The van der Waals surface area contributed by atoms with Crippen molar-refractivity contribution in [3.8, 4) is 0 Å². The van der Waals surface area contributed by atoms with E-state index in [0.29, 0.717) is 31.8 Å². The molecule has 0 bridgehead atoms. The molecule has 0 aromatic rings. The van der Waals surface area contributed by atoms with Gasteiger partial charge in [-0.15, -0.1) is 12.4 Å². The second kappa shape index (κ2) is 8.16. The molecule has 138 valence electrons. The van der Waals surface area contributed by atoms with Crippen molar-refractivity contribution < 1.29 is 14.4 Å². The molecule has 4 amide bonds. The molecule has 1 unspecified atom stereocenters. The van der Waals surface area contributed by atoms with Crippen molar-refractivity contribution in [1.29, 1.82) is 0 Å². The minimum Gasteiger partial charge on any atom is -0.341 e. The van der Waals surface area contributed by atoms with E-state index in [1.54, 1.807) is 4.90 Å². The van der Waals surface area contributed by atoms with Crippen molar-refractivity contribution in [2.75, 3.05) is 19.6 Å². The van der Waals surface area contributed by atoms with Crippen LogP contribution in [0, 0.1) is 5.92 Å². The molecule has 0 aliphatic carbocycles. The lowest BCUT2D eigenvalue weighted by molar-refractivity contribution is -0.140. The van der Waals surface area contributed by atoms with Crippen LogP contribution < -0.4 is 11.1 Å². The summed E-state index contributed by atoms with van der Waals surface area (Å²) in [5, 5.41) is 2.75. The molecule has 2 aliphatic heterocycles. The van der Waals surface area contributed by atoms with Gasteiger partial charge in [-0.05, 0) is 38.5 Å². The van der Waals surface area contributed by atoms with Crippen LogP contribution in [0.1, 0.15) is 46.5 Å². The van der Waals surface area contributed by atoms with E-state index in [4.69, 9.17) is 5.73 Å². The first-order chi connectivity index (χ1) is 10.8. The Morgan fingerprint density at radius 2 is 1.83 bits per heavy atom. The molecule has 0 aromatic heterocycles. The Morgan fingerprint density at radius 3 is 2.25 bits per heavy atom. The summed E-state index contributed by atoms with van der Waals surface area (Å²) in [5.74, 6) is -0.0189. The van der Waals surface area contributed by atoms with Crippen molar-refractivity contribution in [3.05, 3.63) is 0 Å². The zero-order valence-corrected chi connectivity index (χ0v) is 15.5. The van der Waals surface area contributed by atoms with Crippen LogP contribution in [0.15, 0.2) is 0 Å². The van der Waals surface area contributed by atoms with Crippen molar-refractivity contribution in [1.82, 2.24) is 15.1 Å². The van der Waals surface area contributed by atoms with E-state index in [0.717, 1.165) is 17.7 Å². The average Bonchev–Trinajstić information content (AvgIpc) is 2.79. The van der Waals surface area contributed by atoms with E-state index in [1.165, 1.54) is 0 Å². The molecule has 2 heterocycles. The number of carbonyl (C=O) groups is 3. The highest BCUT2D eigenvalue weighted by molar-refractivity contribution is 6.08. The molecule has 3 N–H and O–H groups in total. The number of nitrogens with one attached hydrogen (secondary N) is 1. The number of urea groups is 1. The summed E-state index contributed by atoms with van der Waals surface area (Å²) in [6, 6.07) is -0.328. The second-order valence-electron chi connectivity index (χ2n) is 6.69. The number of piperidine rings is 1. The van der Waals surface area contributed by atoms with Gasteiger partial charge >= 0.3 is 6.03 Å². The van der Waals surface area contributed by atoms with E-state index >= 15 is 0 Å². The van der Waals surface area contributed by atoms with Gasteiger partial charge in [0.25, 0.3) is 5.91 Å². The van der Waals surface area contributed by atoms with E-state index in [2.05, 4.69) is 5.32 Å². The third kappa shape index (κ3) is 3.83. The fourth-order valence-corrected chi connectivity index (χ4v) is 3.46. The Bertz CT molecular complexity index is 486. The summed E-state index contributed by atoms with van der Waals surface area (Å²) in [6.07, 6.45) is 2.80. The van der Waals surface area contributed by atoms with Gasteiger partial charge in [0.05, 0.1) is 0 Å². The number of halogens is 1. The van der Waals surface area contributed by atoms with Gasteiger partial charge in [-0.1, -0.05) is 13.8 Å². The van der Waals surface area contributed by atoms with Gasteiger partial charge in [0, 0.05) is 19.1 Å². The van der Waals surface area contributed by atoms with Crippen molar-refractivity contribution in [2.45, 2.75) is 58.0 Å². The first kappa shape index (κ1) is 20.7. The van der Waals surface area contributed by atoms with Crippen LogP contribution in [-0.4, -0.2) is 58.9 Å². The molecular formula is C16H29ClN4O3. The van der Waals surface area contributed by atoms with E-state index in [-0.39, 0.29) is 36.8 Å². The summed E-state index contributed by atoms with van der Waals surface area (Å²) in [6.45, 7) is 6.83. The number of amides is 4. The topological polar surface area (TPSA) is 95.7 Å². The molecule has 1 atom stereocenters. The summed E-state index contributed by atoms with van der Waals surface area (Å²) >= 11 is 0. The minimum atomic E-state index is -0.848. The maximum atomic E-state index is 12.5. The number of nitrogens with two attached hydrogens (primary N) is 1. The minimum absolute atomic E-state index is 0. The van der Waals surface area contributed by atoms with Crippen molar-refractivity contribution in [3.63, 3.8) is 0 Å². The number of rotatable bonds is 5. The van der Waals surface area contributed by atoms with Gasteiger partial charge in [-0.25, -0.2) is 4.79 Å². The number of nitrogens with zero attached hydrogens (tertiary/aromatic N) is 2. The highest BCUT2D eigenvalue weighted by atomic mass is 35.5. The molecule has 2 aliphatic rings. The Morgan fingerprint density at radius 1 is 1.29 bits per heavy atom. The zero-order chi connectivity index (χ0) is 17.2. The average molecular weight is 361 g/mol. The number of carbonyl (C=O) groups excluding carboxylic acids is 3. The Balaban J connectivity index is 0.00000288. The molecule has 0 saturated carbocycles. The SMILES string of the molecule is CCC1(CC)NC(=O)N(CC(=O)N2CCC(C(C)N)CC2)C1=O.Cl. The smallest absolute Gasteiger partial charge is 0.325 e. The Kier molecular flexibility index (Phi) is 7.04. The predicted octanol–water partition coefficient (Wildman–Crippen LogP) is 1.10. The van der Waals surface area contributed by atoms with Gasteiger partial charge < -0.3 is 16.0 Å². The molecular weight excluding hydrogens is 332 g/mol. The number of imide groups is 1. The molecule has 8 heteroatoms. The first-order valence-electron chi connectivity index (χ1n) is 8.52. The standard InChI is InChI=1S/C16H28N4O3.ClH/c1-4-16(5-2)14(22)20(15(23)18-16)10-13(21)19-8-6-12(7-9-19)11(3)17;/h11-12H,4-10,17H2,1-3H3,(H,18,23);1H. The van der Waals surface area contributed by atoms with Gasteiger partial charge in [0.2, 0.25) is 5.91 Å². The first-order valence-corrected chi connectivity index (χ1v) is 8.52. The van der Waals surface area contributed by atoms with Crippen LogP contribution in [0.3, 0.4) is 0 Å². The maximum absolute atomic E-state index is 12.5. The Labute approximate surface area is 149 Å². The highest BCUT2D eigenvalue weighted by Gasteiger charge is 2.49. The molecule has 7 nitrogen and oxygen atoms in total. The Hall–Kier alpha value is -1.34. The van der Waals surface area contributed by atoms with Crippen LogP contribution in [0.4, 0.5) is 4.79 Å². The van der Waals surface area contributed by atoms with Crippen molar-refractivity contribution in [2.24, 2.45) is 11.7 Å².